The smallest absolute Gasteiger partial charge is 0.133 e. The quantitative estimate of drug-likeness (QED) is 0.135. The minimum atomic E-state index is 0.130. The van der Waals surface area contributed by atoms with Crippen molar-refractivity contribution in [2.45, 2.75) is 59.8 Å². The number of halogens is 1. The fourth-order valence-electron chi connectivity index (χ4n) is 2.68. The normalized spacial score (nSPS) is 10.2. The molecule has 0 fully saturated rings. The number of nitrogens with one attached hydrogen (secondary N) is 2. The monoisotopic (exact) mass is 505 g/mol. The predicted molar refractivity (Wildman–Crippen MR) is 141 cm³/mol. The summed E-state index contributed by atoms with van der Waals surface area (Å²) in [7, 11) is 0. The van der Waals surface area contributed by atoms with Crippen LogP contribution >= 0.6 is 27.3 Å². The third-order valence-electron chi connectivity index (χ3n) is 4.12. The van der Waals surface area contributed by atoms with Gasteiger partial charge in [-0.1, -0.05) is 57.9 Å². The van der Waals surface area contributed by atoms with Crippen molar-refractivity contribution in [1.29, 1.82) is 5.41 Å². The van der Waals surface area contributed by atoms with Gasteiger partial charge in [0.05, 0.1) is 8.66 Å². The average molecular weight is 507 g/mol. The van der Waals surface area contributed by atoms with E-state index in [1.807, 2.05) is 38.1 Å². The second kappa shape index (κ2) is 17.5. The zero-order valence-electron chi connectivity index (χ0n) is 19.1. The van der Waals surface area contributed by atoms with Crippen LogP contribution in [0, 0.1) is 5.41 Å². The average Bonchev–Trinajstić information content (AvgIpc) is 3.22. The first-order valence-electron chi connectivity index (χ1n) is 10.7. The van der Waals surface area contributed by atoms with Gasteiger partial charge < -0.3 is 15.8 Å². The molecular formula is C25H36BrN3OS. The SMILES string of the molecule is C=CC/C(=C\Nc1ccc(CC=O)cc1CC)CCC.CC.N=C(N)c1ccc(Br)s1. The van der Waals surface area contributed by atoms with Crippen LogP contribution in [0.4, 0.5) is 5.69 Å². The van der Waals surface area contributed by atoms with Gasteiger partial charge in [0.1, 0.15) is 12.1 Å². The maximum absolute atomic E-state index is 10.6. The van der Waals surface area contributed by atoms with Crippen molar-refractivity contribution in [1.82, 2.24) is 0 Å². The number of rotatable bonds is 10. The Bertz CT molecular complexity index is 843. The van der Waals surface area contributed by atoms with E-state index in [-0.39, 0.29) is 5.84 Å². The molecule has 4 N–H and O–H groups in total. The summed E-state index contributed by atoms with van der Waals surface area (Å²) in [5, 5.41) is 10.4. The summed E-state index contributed by atoms with van der Waals surface area (Å²) in [5.41, 5.74) is 10.0. The Hall–Kier alpha value is -2.18. The fraction of sp³-hybridized carbons (Fsp3) is 0.360. The van der Waals surface area contributed by atoms with Gasteiger partial charge in [-0.3, -0.25) is 5.41 Å². The summed E-state index contributed by atoms with van der Waals surface area (Å²) in [6.45, 7) is 12.1. The molecule has 1 heterocycles. The molecule has 0 bridgehead atoms. The number of anilines is 1. The molecule has 0 radical (unpaired) electrons. The highest BCUT2D eigenvalue weighted by atomic mass is 79.9. The maximum Gasteiger partial charge on any atom is 0.133 e. The van der Waals surface area contributed by atoms with Crippen LogP contribution in [0.5, 0.6) is 0 Å². The first kappa shape index (κ1) is 28.8. The number of aryl methyl sites for hydroxylation is 1. The van der Waals surface area contributed by atoms with E-state index >= 15 is 0 Å². The summed E-state index contributed by atoms with van der Waals surface area (Å²) in [4.78, 5) is 11.4. The van der Waals surface area contributed by atoms with Gasteiger partial charge in [0.15, 0.2) is 0 Å². The van der Waals surface area contributed by atoms with E-state index in [0.717, 1.165) is 51.9 Å². The van der Waals surface area contributed by atoms with Crippen molar-refractivity contribution in [3.63, 3.8) is 0 Å². The largest absolute Gasteiger partial charge is 0.383 e. The van der Waals surface area contributed by atoms with Crippen molar-refractivity contribution >= 4 is 45.1 Å². The van der Waals surface area contributed by atoms with E-state index in [4.69, 9.17) is 11.1 Å². The minimum Gasteiger partial charge on any atom is -0.383 e. The lowest BCUT2D eigenvalue weighted by molar-refractivity contribution is -0.107. The lowest BCUT2D eigenvalue weighted by Gasteiger charge is -2.11. The second-order valence-corrected chi connectivity index (χ2v) is 8.89. The van der Waals surface area contributed by atoms with E-state index in [1.165, 1.54) is 22.5 Å². The maximum atomic E-state index is 10.6. The molecule has 0 saturated heterocycles. The van der Waals surface area contributed by atoms with Gasteiger partial charge in [0.2, 0.25) is 0 Å². The molecule has 6 heteroatoms. The predicted octanol–water partition coefficient (Wildman–Crippen LogP) is 7.48. The van der Waals surface area contributed by atoms with Crippen LogP contribution in [0.2, 0.25) is 0 Å². The van der Waals surface area contributed by atoms with Crippen LogP contribution < -0.4 is 11.1 Å². The molecule has 2 rings (SSSR count). The van der Waals surface area contributed by atoms with E-state index in [0.29, 0.717) is 6.42 Å². The molecule has 0 saturated carbocycles. The Kier molecular flexibility index (Phi) is 16.3. The Morgan fingerprint density at radius 1 is 1.26 bits per heavy atom. The summed E-state index contributed by atoms with van der Waals surface area (Å²) in [5.74, 6) is 0.130. The van der Waals surface area contributed by atoms with E-state index in [2.05, 4.69) is 60.0 Å². The van der Waals surface area contributed by atoms with Crippen molar-refractivity contribution in [3.8, 4) is 0 Å². The van der Waals surface area contributed by atoms with Crippen molar-refractivity contribution in [2.24, 2.45) is 5.73 Å². The highest BCUT2D eigenvalue weighted by molar-refractivity contribution is 9.11. The Labute approximate surface area is 200 Å². The summed E-state index contributed by atoms with van der Waals surface area (Å²) >= 11 is 4.73. The van der Waals surface area contributed by atoms with Gasteiger partial charge in [0.25, 0.3) is 0 Å². The number of nitrogens with two attached hydrogens (primary N) is 1. The number of carbonyl (C=O) groups is 1. The molecule has 0 spiro atoms. The molecular weight excluding hydrogens is 470 g/mol. The molecule has 4 nitrogen and oxygen atoms in total. The third-order valence-corrected chi connectivity index (χ3v) is 5.77. The van der Waals surface area contributed by atoms with Crippen molar-refractivity contribution < 1.29 is 4.79 Å². The fourth-order valence-corrected chi connectivity index (χ4v) is 3.93. The highest BCUT2D eigenvalue weighted by Crippen LogP contribution is 2.21. The molecule has 31 heavy (non-hydrogen) atoms. The lowest BCUT2D eigenvalue weighted by atomic mass is 10.0. The number of benzene rings is 1. The number of amidine groups is 1. The molecule has 0 aliphatic heterocycles. The standard InChI is InChI=1S/C18H25NO.C5H5BrN2S.C2H6/c1-4-7-16(8-5-2)14-19-18-10-9-15(11-12-20)13-17(18)6-3;6-4-2-1-3(9-4)5(7)8;1-2/h4,9-10,12-14,19H,1,5-8,11H2,2-3H3;1-2H,(H3,7,8);1-2H3/b16-14+;;. The molecule has 0 aliphatic carbocycles. The zero-order valence-corrected chi connectivity index (χ0v) is 21.5. The van der Waals surface area contributed by atoms with Gasteiger partial charge in [-0.15, -0.1) is 17.9 Å². The summed E-state index contributed by atoms with van der Waals surface area (Å²) in [6, 6.07) is 9.87. The number of nitrogen functional groups attached to an aromatic ring is 1. The molecule has 170 valence electrons. The number of carbonyl (C=O) groups excluding carboxylic acids is 1. The first-order valence-corrected chi connectivity index (χ1v) is 12.3. The number of thiophene rings is 1. The number of hydrogen-bond acceptors (Lipinski definition) is 4. The van der Waals surface area contributed by atoms with Crippen LogP contribution in [0.1, 0.15) is 63.0 Å². The molecule has 2 aromatic rings. The number of allylic oxidation sites excluding steroid dienone is 2. The van der Waals surface area contributed by atoms with Crippen LogP contribution in [-0.4, -0.2) is 12.1 Å². The van der Waals surface area contributed by atoms with E-state index < -0.39 is 0 Å². The molecule has 0 unspecified atom stereocenters. The van der Waals surface area contributed by atoms with Gasteiger partial charge in [0, 0.05) is 18.3 Å². The van der Waals surface area contributed by atoms with E-state index in [1.54, 1.807) is 0 Å². The van der Waals surface area contributed by atoms with Gasteiger partial charge in [-0.2, -0.15) is 0 Å². The van der Waals surface area contributed by atoms with Crippen LogP contribution in [0.25, 0.3) is 0 Å². The van der Waals surface area contributed by atoms with Gasteiger partial charge >= 0.3 is 0 Å². The minimum absolute atomic E-state index is 0.130. The topological polar surface area (TPSA) is 79.0 Å². The Balaban J connectivity index is 0.000000679. The molecule has 0 aliphatic rings. The molecule has 0 amide bonds. The Morgan fingerprint density at radius 2 is 1.97 bits per heavy atom. The zero-order chi connectivity index (χ0) is 23.6. The molecule has 0 atom stereocenters. The van der Waals surface area contributed by atoms with Crippen LogP contribution in [0.15, 0.2) is 58.5 Å². The second-order valence-electron chi connectivity index (χ2n) is 6.42. The summed E-state index contributed by atoms with van der Waals surface area (Å²) < 4.78 is 1.01. The lowest BCUT2D eigenvalue weighted by Crippen LogP contribution is -2.08. The first-order chi connectivity index (χ1) is 14.9. The van der Waals surface area contributed by atoms with Gasteiger partial charge in [-0.25, -0.2) is 0 Å². The number of aldehydes is 1. The molecule has 1 aromatic heterocycles. The Morgan fingerprint density at radius 3 is 2.42 bits per heavy atom. The van der Waals surface area contributed by atoms with Crippen molar-refractivity contribution in [3.05, 3.63) is 74.6 Å². The molecule has 1 aromatic carbocycles. The van der Waals surface area contributed by atoms with E-state index in [9.17, 15) is 4.79 Å². The van der Waals surface area contributed by atoms with Crippen molar-refractivity contribution in [2.75, 3.05) is 5.32 Å². The third kappa shape index (κ3) is 11.7. The van der Waals surface area contributed by atoms with Crippen LogP contribution in [0.3, 0.4) is 0 Å². The van der Waals surface area contributed by atoms with Crippen LogP contribution in [-0.2, 0) is 17.6 Å². The number of hydrogen-bond donors (Lipinski definition) is 3. The highest BCUT2D eigenvalue weighted by Gasteiger charge is 2.02. The summed E-state index contributed by atoms with van der Waals surface area (Å²) in [6.07, 6.45) is 9.57. The van der Waals surface area contributed by atoms with Gasteiger partial charge in [-0.05, 0) is 64.5 Å².